The highest BCUT2D eigenvalue weighted by Crippen LogP contribution is 2.49. The first kappa shape index (κ1) is 17.9. The van der Waals surface area contributed by atoms with E-state index in [4.69, 9.17) is 0 Å². The number of hydrogen-bond acceptors (Lipinski definition) is 2. The minimum absolute atomic E-state index is 0.127. The molecule has 0 bridgehead atoms. The molecular formula is C15H28O4. The smallest absolute Gasteiger partial charge is 0.321 e. The molecule has 0 aromatic rings. The maximum atomic E-state index is 11.7. The van der Waals surface area contributed by atoms with Crippen LogP contribution in [0.15, 0.2) is 0 Å². The van der Waals surface area contributed by atoms with E-state index in [-0.39, 0.29) is 6.42 Å². The lowest BCUT2D eigenvalue weighted by Gasteiger charge is -2.43. The van der Waals surface area contributed by atoms with Crippen LogP contribution < -0.4 is 0 Å². The van der Waals surface area contributed by atoms with E-state index in [0.29, 0.717) is 12.8 Å². The quantitative estimate of drug-likeness (QED) is 0.591. The van der Waals surface area contributed by atoms with Crippen LogP contribution in [0.3, 0.4) is 0 Å². The summed E-state index contributed by atoms with van der Waals surface area (Å²) >= 11 is 0. The Morgan fingerprint density at radius 3 is 1.47 bits per heavy atom. The molecule has 2 N–H and O–H groups in total. The van der Waals surface area contributed by atoms with Gasteiger partial charge in [-0.05, 0) is 24.7 Å². The molecule has 0 radical (unpaired) electrons. The highest BCUT2D eigenvalue weighted by atomic mass is 16.4. The number of aliphatic carboxylic acids is 2. The summed E-state index contributed by atoms with van der Waals surface area (Å²) in [5, 5.41) is 19.1. The first-order valence-corrected chi connectivity index (χ1v) is 7.29. The van der Waals surface area contributed by atoms with Crippen LogP contribution >= 0.6 is 0 Å². The Balaban J connectivity index is 5.58. The van der Waals surface area contributed by atoms with Crippen molar-refractivity contribution in [2.45, 2.75) is 72.6 Å². The molecule has 0 aliphatic rings. The Kier molecular flexibility index (Phi) is 7.09. The van der Waals surface area contributed by atoms with E-state index in [2.05, 4.69) is 0 Å². The molecular weight excluding hydrogens is 244 g/mol. The molecule has 0 aromatic carbocycles. The van der Waals surface area contributed by atoms with E-state index in [1.165, 1.54) is 0 Å². The second-order valence-electron chi connectivity index (χ2n) is 5.64. The molecule has 0 aliphatic carbocycles. The van der Waals surface area contributed by atoms with Crippen molar-refractivity contribution in [3.05, 3.63) is 0 Å². The normalized spacial score (nSPS) is 12.4. The predicted octanol–water partition coefficient (Wildman–Crippen LogP) is 3.94. The van der Waals surface area contributed by atoms with Crippen molar-refractivity contribution in [3.8, 4) is 0 Å². The number of carbonyl (C=O) groups is 2. The molecule has 0 rings (SSSR count). The van der Waals surface area contributed by atoms with Gasteiger partial charge in [0.1, 0.15) is 0 Å². The van der Waals surface area contributed by atoms with Gasteiger partial charge < -0.3 is 10.2 Å². The van der Waals surface area contributed by atoms with Gasteiger partial charge in [-0.15, -0.1) is 0 Å². The first-order valence-electron chi connectivity index (χ1n) is 7.29. The molecule has 0 atom stereocenters. The van der Waals surface area contributed by atoms with Crippen molar-refractivity contribution in [2.75, 3.05) is 0 Å². The van der Waals surface area contributed by atoms with Crippen molar-refractivity contribution >= 4 is 11.9 Å². The lowest BCUT2D eigenvalue weighted by atomic mass is 9.58. The van der Waals surface area contributed by atoms with Crippen LogP contribution in [0, 0.1) is 10.8 Å². The van der Waals surface area contributed by atoms with Crippen molar-refractivity contribution < 1.29 is 19.8 Å². The third kappa shape index (κ3) is 3.48. The van der Waals surface area contributed by atoms with Crippen LogP contribution in [0.4, 0.5) is 0 Å². The van der Waals surface area contributed by atoms with E-state index in [1.54, 1.807) is 6.92 Å². The zero-order chi connectivity index (χ0) is 15.1. The van der Waals surface area contributed by atoms with Crippen molar-refractivity contribution in [2.24, 2.45) is 10.8 Å². The van der Waals surface area contributed by atoms with Gasteiger partial charge >= 0.3 is 11.9 Å². The molecule has 4 nitrogen and oxygen atoms in total. The molecule has 0 fully saturated rings. The summed E-state index contributed by atoms with van der Waals surface area (Å²) in [7, 11) is 0. The minimum Gasteiger partial charge on any atom is -0.480 e. The highest BCUT2D eigenvalue weighted by Gasteiger charge is 2.57. The molecule has 0 heterocycles. The zero-order valence-electron chi connectivity index (χ0n) is 12.7. The fourth-order valence-electron chi connectivity index (χ4n) is 3.02. The van der Waals surface area contributed by atoms with E-state index in [0.717, 1.165) is 25.7 Å². The van der Waals surface area contributed by atoms with Crippen molar-refractivity contribution in [1.82, 2.24) is 0 Å². The molecule has 4 heteroatoms. The third-order valence-electron chi connectivity index (χ3n) is 4.46. The lowest BCUT2D eigenvalue weighted by Crippen LogP contribution is -2.51. The number of hydrogen-bond donors (Lipinski definition) is 2. The van der Waals surface area contributed by atoms with Gasteiger partial charge in [0.2, 0.25) is 0 Å². The zero-order valence-corrected chi connectivity index (χ0v) is 12.7. The van der Waals surface area contributed by atoms with Gasteiger partial charge in [0, 0.05) is 0 Å². The molecule has 0 amide bonds. The Morgan fingerprint density at radius 2 is 1.26 bits per heavy atom. The standard InChI is InChI=1S/C15H28O4/c1-5-8-10-14(4,11-9-6-2)15(7-3,12(16)17)13(18)19/h5-11H2,1-4H3,(H,16,17)(H,18,19). The van der Waals surface area contributed by atoms with Crippen LogP contribution in [-0.2, 0) is 9.59 Å². The van der Waals surface area contributed by atoms with Crippen LogP contribution in [0.1, 0.15) is 72.6 Å². The average Bonchev–Trinajstić information content (AvgIpc) is 2.34. The Morgan fingerprint density at radius 1 is 0.895 bits per heavy atom. The summed E-state index contributed by atoms with van der Waals surface area (Å²) in [6.45, 7) is 7.58. The second kappa shape index (κ2) is 7.51. The van der Waals surface area contributed by atoms with Crippen LogP contribution in [0.25, 0.3) is 0 Å². The van der Waals surface area contributed by atoms with E-state index in [1.807, 2.05) is 20.8 Å². The number of carboxylic acids is 2. The van der Waals surface area contributed by atoms with Crippen LogP contribution in [0.2, 0.25) is 0 Å². The summed E-state index contributed by atoms with van der Waals surface area (Å²) < 4.78 is 0. The number of rotatable bonds is 10. The SMILES string of the molecule is CCCCC(C)(CCCC)C(CC)(C(=O)O)C(=O)O. The van der Waals surface area contributed by atoms with Crippen molar-refractivity contribution in [3.63, 3.8) is 0 Å². The Hall–Kier alpha value is -1.06. The minimum atomic E-state index is -1.67. The van der Waals surface area contributed by atoms with Gasteiger partial charge in [0.05, 0.1) is 0 Å². The third-order valence-corrected chi connectivity index (χ3v) is 4.46. The molecule has 112 valence electrons. The Labute approximate surface area is 116 Å². The van der Waals surface area contributed by atoms with Crippen LogP contribution in [0.5, 0.6) is 0 Å². The number of unbranched alkanes of at least 4 members (excludes halogenated alkanes) is 2. The molecule has 0 aromatic heterocycles. The fraction of sp³-hybridized carbons (Fsp3) is 0.867. The van der Waals surface area contributed by atoms with Gasteiger partial charge in [-0.1, -0.05) is 53.4 Å². The fourth-order valence-corrected chi connectivity index (χ4v) is 3.02. The van der Waals surface area contributed by atoms with Gasteiger partial charge in [-0.25, -0.2) is 0 Å². The molecule has 0 aliphatic heterocycles. The summed E-state index contributed by atoms with van der Waals surface area (Å²) in [4.78, 5) is 23.4. The average molecular weight is 272 g/mol. The highest BCUT2D eigenvalue weighted by molar-refractivity contribution is 5.99. The summed E-state index contributed by atoms with van der Waals surface area (Å²) in [5.74, 6) is -2.39. The summed E-state index contributed by atoms with van der Waals surface area (Å²) in [6.07, 6.45) is 5.04. The summed E-state index contributed by atoms with van der Waals surface area (Å²) in [5.41, 5.74) is -2.36. The van der Waals surface area contributed by atoms with Gasteiger partial charge in [-0.2, -0.15) is 0 Å². The van der Waals surface area contributed by atoms with E-state index in [9.17, 15) is 19.8 Å². The van der Waals surface area contributed by atoms with Gasteiger partial charge in [0.25, 0.3) is 0 Å². The lowest BCUT2D eigenvalue weighted by molar-refractivity contribution is -0.177. The molecule has 0 saturated carbocycles. The van der Waals surface area contributed by atoms with Gasteiger partial charge in [-0.3, -0.25) is 9.59 Å². The maximum Gasteiger partial charge on any atom is 0.321 e. The molecule has 0 spiro atoms. The predicted molar refractivity (Wildman–Crippen MR) is 75.2 cm³/mol. The topological polar surface area (TPSA) is 74.6 Å². The molecule has 0 saturated heterocycles. The largest absolute Gasteiger partial charge is 0.480 e. The van der Waals surface area contributed by atoms with Gasteiger partial charge in [0.15, 0.2) is 5.41 Å². The summed E-state index contributed by atoms with van der Waals surface area (Å²) in [6, 6.07) is 0. The Bertz CT molecular complexity index is 287. The maximum absolute atomic E-state index is 11.7. The molecule has 0 unspecified atom stereocenters. The monoisotopic (exact) mass is 272 g/mol. The van der Waals surface area contributed by atoms with E-state index < -0.39 is 22.8 Å². The van der Waals surface area contributed by atoms with E-state index >= 15 is 0 Å². The van der Waals surface area contributed by atoms with Crippen LogP contribution in [-0.4, -0.2) is 22.2 Å². The molecule has 19 heavy (non-hydrogen) atoms. The second-order valence-corrected chi connectivity index (χ2v) is 5.64. The van der Waals surface area contributed by atoms with Crippen molar-refractivity contribution in [1.29, 1.82) is 0 Å². The first-order chi connectivity index (χ1) is 8.82. The number of carboxylic acid groups (broad SMARTS) is 2.